The van der Waals surface area contributed by atoms with Crippen molar-refractivity contribution in [3.8, 4) is 5.75 Å². The number of likely N-dealkylation sites (tertiary alicyclic amines) is 1. The minimum absolute atomic E-state index is 0.150. The zero-order valence-corrected chi connectivity index (χ0v) is 32.1. The molecule has 2 aliphatic heterocycles. The van der Waals surface area contributed by atoms with E-state index in [9.17, 15) is 24.6 Å². The van der Waals surface area contributed by atoms with Gasteiger partial charge in [0.15, 0.2) is 18.3 Å². The molecule has 10 nitrogen and oxygen atoms in total. The van der Waals surface area contributed by atoms with Gasteiger partial charge in [-0.05, 0) is 58.3 Å². The highest BCUT2D eigenvalue weighted by atomic mass is 16.6. The molecule has 10 heteroatoms. The Morgan fingerprint density at radius 2 is 1.48 bits per heavy atom. The number of aliphatic hydroxyl groups is 2. The maximum atomic E-state index is 13.3. The largest absolute Gasteiger partial charge is 0.481 e. The first-order valence-electron chi connectivity index (χ1n) is 20.2. The molecule has 290 valence electrons. The van der Waals surface area contributed by atoms with Crippen LogP contribution in [0.1, 0.15) is 153 Å². The molecule has 2 aliphatic carbocycles. The van der Waals surface area contributed by atoms with Crippen molar-refractivity contribution >= 4 is 17.9 Å². The number of benzene rings is 1. The number of hydrogen-bond donors (Lipinski definition) is 2. The minimum Gasteiger partial charge on any atom is -0.481 e. The topological polar surface area (TPSA) is 132 Å². The Hall–Kier alpha value is -2.95. The lowest BCUT2D eigenvalue weighted by molar-refractivity contribution is -0.180. The van der Waals surface area contributed by atoms with Crippen LogP contribution in [-0.4, -0.2) is 76.6 Å². The zero-order chi connectivity index (χ0) is 37.3. The first-order chi connectivity index (χ1) is 25.1. The van der Waals surface area contributed by atoms with E-state index in [-0.39, 0.29) is 31.2 Å². The molecule has 2 N–H and O–H groups in total. The number of carbonyl (C=O) groups is 3. The lowest BCUT2D eigenvalue weighted by Crippen LogP contribution is -2.74. The number of likely N-dealkylation sites (N-methyl/N-ethyl adjacent to an activating group) is 1. The smallest absolute Gasteiger partial charge is 0.352 e. The van der Waals surface area contributed by atoms with Crippen molar-refractivity contribution in [3.63, 3.8) is 0 Å². The average Bonchev–Trinajstić information content (AvgIpc) is 3.48. The average molecular weight is 726 g/mol. The Morgan fingerprint density at radius 1 is 0.885 bits per heavy atom. The number of esters is 3. The van der Waals surface area contributed by atoms with Crippen molar-refractivity contribution in [1.29, 1.82) is 0 Å². The highest BCUT2D eigenvalue weighted by molar-refractivity contribution is 5.83. The molecule has 0 aromatic heterocycles. The number of ether oxygens (including phenoxy) is 4. The normalized spacial score (nSPS) is 25.4. The quantitative estimate of drug-likeness (QED) is 0.0724. The number of unbranched alkanes of at least 4 members (excludes halogenated alkanes) is 14. The molecule has 2 heterocycles. The van der Waals surface area contributed by atoms with Gasteiger partial charge in [-0.15, -0.1) is 0 Å². The summed E-state index contributed by atoms with van der Waals surface area (Å²) >= 11 is 0. The lowest BCUT2D eigenvalue weighted by Gasteiger charge is -2.61. The van der Waals surface area contributed by atoms with E-state index in [2.05, 4.69) is 11.8 Å². The van der Waals surface area contributed by atoms with Crippen LogP contribution in [0.2, 0.25) is 0 Å². The summed E-state index contributed by atoms with van der Waals surface area (Å²) in [5.74, 6) is -1.27. The summed E-state index contributed by atoms with van der Waals surface area (Å²) in [6, 6.07) is 3.71. The first kappa shape index (κ1) is 40.2. The molecule has 1 saturated heterocycles. The maximum absolute atomic E-state index is 13.3. The predicted molar refractivity (Wildman–Crippen MR) is 198 cm³/mol. The Bertz CT molecular complexity index is 1430. The van der Waals surface area contributed by atoms with E-state index in [0.717, 1.165) is 30.5 Å². The zero-order valence-electron chi connectivity index (χ0n) is 32.1. The van der Waals surface area contributed by atoms with Gasteiger partial charge in [-0.25, -0.2) is 9.59 Å². The van der Waals surface area contributed by atoms with Crippen molar-refractivity contribution in [1.82, 2.24) is 4.90 Å². The second-order valence-corrected chi connectivity index (χ2v) is 15.7. The fourth-order valence-corrected chi connectivity index (χ4v) is 9.09. The fraction of sp³-hybridized carbons (Fsp3) is 0.738. The molecule has 1 aromatic rings. The Morgan fingerprint density at radius 3 is 2.10 bits per heavy atom. The van der Waals surface area contributed by atoms with Crippen LogP contribution in [0.15, 0.2) is 24.0 Å². The summed E-state index contributed by atoms with van der Waals surface area (Å²) in [5.41, 5.74) is 0.582. The molecular weight excluding hydrogens is 662 g/mol. The number of carbonyl (C=O) groups excluding carboxylic acids is 3. The van der Waals surface area contributed by atoms with Crippen LogP contribution in [0, 0.1) is 0 Å². The summed E-state index contributed by atoms with van der Waals surface area (Å²) in [6.45, 7) is 5.61. The number of rotatable bonds is 22. The summed E-state index contributed by atoms with van der Waals surface area (Å²) in [7, 11) is 2.02. The minimum atomic E-state index is -1.27. The molecule has 1 aromatic carbocycles. The van der Waals surface area contributed by atoms with Crippen LogP contribution in [0.25, 0.3) is 0 Å². The van der Waals surface area contributed by atoms with Gasteiger partial charge in [0.05, 0.1) is 17.6 Å². The van der Waals surface area contributed by atoms with Crippen LogP contribution in [0.5, 0.6) is 5.75 Å². The van der Waals surface area contributed by atoms with Gasteiger partial charge in [0, 0.05) is 30.0 Å². The molecule has 5 rings (SSSR count). The van der Waals surface area contributed by atoms with Crippen molar-refractivity contribution in [3.05, 3.63) is 40.7 Å². The third-order valence-electron chi connectivity index (χ3n) is 12.1. The van der Waals surface area contributed by atoms with Crippen molar-refractivity contribution in [2.24, 2.45) is 0 Å². The van der Waals surface area contributed by atoms with Gasteiger partial charge in [0.1, 0.15) is 11.5 Å². The van der Waals surface area contributed by atoms with E-state index in [4.69, 9.17) is 18.9 Å². The molecule has 2 unspecified atom stereocenters. The summed E-state index contributed by atoms with van der Waals surface area (Å²) in [5, 5.41) is 22.5. The van der Waals surface area contributed by atoms with E-state index in [1.165, 1.54) is 90.9 Å². The maximum Gasteiger partial charge on any atom is 0.352 e. The van der Waals surface area contributed by atoms with Gasteiger partial charge in [0.25, 0.3) is 0 Å². The van der Waals surface area contributed by atoms with Gasteiger partial charge in [-0.2, -0.15) is 0 Å². The monoisotopic (exact) mass is 725 g/mol. The molecule has 1 fully saturated rings. The molecule has 0 radical (unpaired) electrons. The number of nitrogens with zero attached hydrogens (tertiary/aromatic N) is 1. The van der Waals surface area contributed by atoms with Crippen molar-refractivity contribution in [2.45, 2.75) is 185 Å². The van der Waals surface area contributed by atoms with E-state index in [1.54, 1.807) is 6.08 Å². The standard InChI is InChI=1S/C42H63NO9/c1-5-6-7-8-9-10-11-12-13-14-15-16-17-18-19-20-35(45)49-29(2)39(46)50-30(3)40(47)51-33-23-24-42(48)34-27-31-21-22-32(28-44)37-36(31)41(42,38(33)52-37)25-26-43(34)4/h21-23,29-30,34,38,44,48H,5-20,24-28H2,1-4H3/t29-,30-,34+,38?,41?,42+/m0/s1. The van der Waals surface area contributed by atoms with E-state index in [1.807, 2.05) is 19.2 Å². The number of piperidine rings is 1. The predicted octanol–water partition coefficient (Wildman–Crippen LogP) is 7.12. The highest BCUT2D eigenvalue weighted by Gasteiger charge is 2.72. The summed E-state index contributed by atoms with van der Waals surface area (Å²) in [6.07, 6.45) is 18.8. The van der Waals surface area contributed by atoms with Crippen LogP contribution in [0.4, 0.5) is 0 Å². The van der Waals surface area contributed by atoms with E-state index in [0.29, 0.717) is 30.6 Å². The second-order valence-electron chi connectivity index (χ2n) is 15.7. The van der Waals surface area contributed by atoms with Gasteiger partial charge in [-0.3, -0.25) is 4.79 Å². The second kappa shape index (κ2) is 18.4. The molecule has 0 saturated carbocycles. The van der Waals surface area contributed by atoms with Gasteiger partial charge in [0.2, 0.25) is 0 Å². The van der Waals surface area contributed by atoms with Gasteiger partial charge < -0.3 is 34.1 Å². The van der Waals surface area contributed by atoms with Crippen LogP contribution in [0.3, 0.4) is 0 Å². The fourth-order valence-electron chi connectivity index (χ4n) is 9.09. The summed E-state index contributed by atoms with van der Waals surface area (Å²) < 4.78 is 23.1. The van der Waals surface area contributed by atoms with Crippen LogP contribution in [-0.2, 0) is 47.0 Å². The summed E-state index contributed by atoms with van der Waals surface area (Å²) in [4.78, 5) is 40.7. The van der Waals surface area contributed by atoms with Crippen LogP contribution < -0.4 is 4.74 Å². The van der Waals surface area contributed by atoms with Crippen molar-refractivity contribution < 1.29 is 43.5 Å². The molecule has 6 atom stereocenters. The highest BCUT2D eigenvalue weighted by Crippen LogP contribution is 2.64. The lowest BCUT2D eigenvalue weighted by atomic mass is 9.50. The van der Waals surface area contributed by atoms with Crippen molar-refractivity contribution in [2.75, 3.05) is 13.6 Å². The first-order valence-corrected chi connectivity index (χ1v) is 20.2. The molecule has 2 bridgehead atoms. The molecule has 1 spiro atoms. The SMILES string of the molecule is CCCCCCCCCCCCCCCCCC(=O)O[C@@H](C)C(=O)O[C@@H](C)C(=O)OC1=CC[C@@]2(O)[C@H]3Cc4ccc(CO)c5c4C2(CCN3C)C1O5. The number of aliphatic hydroxyl groups excluding tert-OH is 1. The Kier molecular flexibility index (Phi) is 14.2. The number of hydrogen-bond acceptors (Lipinski definition) is 10. The Labute approximate surface area is 310 Å². The van der Waals surface area contributed by atoms with Crippen LogP contribution >= 0.6 is 0 Å². The third-order valence-corrected chi connectivity index (χ3v) is 12.1. The third kappa shape index (κ3) is 8.55. The molecular formula is C42H63NO9. The van der Waals surface area contributed by atoms with E-state index < -0.39 is 47.2 Å². The molecule has 52 heavy (non-hydrogen) atoms. The molecule has 4 aliphatic rings. The van der Waals surface area contributed by atoms with Gasteiger partial charge in [-0.1, -0.05) is 109 Å². The molecule has 0 amide bonds. The Balaban J connectivity index is 1.01. The van der Waals surface area contributed by atoms with Gasteiger partial charge >= 0.3 is 17.9 Å². The van der Waals surface area contributed by atoms with E-state index >= 15 is 0 Å².